The van der Waals surface area contributed by atoms with E-state index in [4.69, 9.17) is 5.73 Å². The molecule has 0 saturated carbocycles. The highest BCUT2D eigenvalue weighted by atomic mass is 32.1. The zero-order valence-corrected chi connectivity index (χ0v) is 8.52. The molecular formula is C8H13N3OS. The number of hydrogen-bond donors (Lipinski definition) is 2. The third kappa shape index (κ3) is 3.12. The standard InChI is InChI=1S/C8H13N3OS/c1-5-4-13-7(11-5)3-10-6(2)8(9)12/h4,6,10H,3H2,1-2H3,(H2,9,12)/t6-/m0/s1. The van der Waals surface area contributed by atoms with Crippen LogP contribution in [0.15, 0.2) is 5.38 Å². The van der Waals surface area contributed by atoms with Crippen molar-refractivity contribution < 1.29 is 4.79 Å². The maximum atomic E-state index is 10.7. The lowest BCUT2D eigenvalue weighted by Gasteiger charge is -2.07. The minimum atomic E-state index is -0.340. The van der Waals surface area contributed by atoms with Crippen LogP contribution in [-0.2, 0) is 11.3 Å². The molecule has 4 nitrogen and oxygen atoms in total. The molecule has 1 atom stereocenters. The summed E-state index contributed by atoms with van der Waals surface area (Å²) in [4.78, 5) is 14.9. The van der Waals surface area contributed by atoms with E-state index < -0.39 is 0 Å². The van der Waals surface area contributed by atoms with Crippen molar-refractivity contribution in [2.75, 3.05) is 0 Å². The third-order valence-corrected chi connectivity index (χ3v) is 2.62. The molecule has 0 spiro atoms. The SMILES string of the molecule is Cc1csc(CN[C@@H](C)C(N)=O)n1. The van der Waals surface area contributed by atoms with Crippen molar-refractivity contribution in [2.24, 2.45) is 5.73 Å². The first-order valence-corrected chi connectivity index (χ1v) is 4.91. The fraction of sp³-hybridized carbons (Fsp3) is 0.500. The minimum absolute atomic E-state index is 0.302. The van der Waals surface area contributed by atoms with Crippen LogP contribution in [0.4, 0.5) is 0 Å². The van der Waals surface area contributed by atoms with Gasteiger partial charge in [0.05, 0.1) is 6.04 Å². The highest BCUT2D eigenvalue weighted by Crippen LogP contribution is 2.07. The number of thiazole rings is 1. The van der Waals surface area contributed by atoms with Crippen molar-refractivity contribution in [2.45, 2.75) is 26.4 Å². The summed E-state index contributed by atoms with van der Waals surface area (Å²) in [5, 5.41) is 5.94. The second-order valence-corrected chi connectivity index (χ2v) is 3.83. The molecule has 0 radical (unpaired) electrons. The molecule has 0 aliphatic heterocycles. The molecule has 3 N–H and O–H groups in total. The minimum Gasteiger partial charge on any atom is -0.368 e. The smallest absolute Gasteiger partial charge is 0.234 e. The van der Waals surface area contributed by atoms with Crippen molar-refractivity contribution in [1.82, 2.24) is 10.3 Å². The molecule has 0 aliphatic carbocycles. The number of nitrogens with two attached hydrogens (primary N) is 1. The van der Waals surface area contributed by atoms with Crippen molar-refractivity contribution in [3.63, 3.8) is 0 Å². The molecule has 0 saturated heterocycles. The molecule has 1 aromatic heterocycles. The van der Waals surface area contributed by atoms with Crippen molar-refractivity contribution in [1.29, 1.82) is 0 Å². The normalized spacial score (nSPS) is 12.8. The maximum absolute atomic E-state index is 10.7. The molecule has 0 unspecified atom stereocenters. The summed E-state index contributed by atoms with van der Waals surface area (Å²) < 4.78 is 0. The molecule has 1 heterocycles. The number of aryl methyl sites for hydroxylation is 1. The van der Waals surface area contributed by atoms with Gasteiger partial charge in [0.1, 0.15) is 5.01 Å². The van der Waals surface area contributed by atoms with Crippen LogP contribution < -0.4 is 11.1 Å². The van der Waals surface area contributed by atoms with Gasteiger partial charge in [0.2, 0.25) is 5.91 Å². The molecule has 1 aromatic rings. The van der Waals surface area contributed by atoms with Gasteiger partial charge in [-0.05, 0) is 13.8 Å². The van der Waals surface area contributed by atoms with Gasteiger partial charge in [-0.2, -0.15) is 0 Å². The number of primary amides is 1. The van der Waals surface area contributed by atoms with E-state index in [1.165, 1.54) is 0 Å². The first-order valence-electron chi connectivity index (χ1n) is 4.03. The molecule has 0 aromatic carbocycles. The average Bonchev–Trinajstić information content (AvgIpc) is 2.47. The Kier molecular flexibility index (Phi) is 3.39. The fourth-order valence-electron chi connectivity index (χ4n) is 0.825. The van der Waals surface area contributed by atoms with E-state index in [1.54, 1.807) is 18.3 Å². The van der Waals surface area contributed by atoms with Crippen molar-refractivity contribution in [3.05, 3.63) is 16.1 Å². The van der Waals surface area contributed by atoms with Crippen LogP contribution in [0.5, 0.6) is 0 Å². The number of nitrogens with zero attached hydrogens (tertiary/aromatic N) is 1. The predicted octanol–water partition coefficient (Wildman–Crippen LogP) is 0.415. The van der Waals surface area contributed by atoms with E-state index in [-0.39, 0.29) is 11.9 Å². The van der Waals surface area contributed by atoms with Gasteiger partial charge in [-0.1, -0.05) is 0 Å². The monoisotopic (exact) mass is 199 g/mol. The van der Waals surface area contributed by atoms with E-state index in [9.17, 15) is 4.79 Å². The summed E-state index contributed by atoms with van der Waals surface area (Å²) in [5.74, 6) is -0.340. The topological polar surface area (TPSA) is 68.0 Å². The number of carbonyl (C=O) groups excluding carboxylic acids is 1. The van der Waals surface area contributed by atoms with Gasteiger partial charge in [0, 0.05) is 17.6 Å². The highest BCUT2D eigenvalue weighted by molar-refractivity contribution is 7.09. The molecule has 1 amide bonds. The number of nitrogens with one attached hydrogen (secondary N) is 1. The average molecular weight is 199 g/mol. The fourth-order valence-corrected chi connectivity index (χ4v) is 1.55. The molecule has 0 fully saturated rings. The number of rotatable bonds is 4. The second kappa shape index (κ2) is 4.34. The maximum Gasteiger partial charge on any atom is 0.234 e. The zero-order valence-electron chi connectivity index (χ0n) is 7.70. The van der Waals surface area contributed by atoms with Crippen LogP contribution in [-0.4, -0.2) is 16.9 Å². The van der Waals surface area contributed by atoms with Crippen LogP contribution in [0, 0.1) is 6.92 Å². The van der Waals surface area contributed by atoms with Gasteiger partial charge in [0.25, 0.3) is 0 Å². The first-order chi connectivity index (χ1) is 6.09. The third-order valence-electron chi connectivity index (χ3n) is 1.65. The van der Waals surface area contributed by atoms with Gasteiger partial charge in [0.15, 0.2) is 0 Å². The molecule has 13 heavy (non-hydrogen) atoms. The number of aromatic nitrogens is 1. The van der Waals surface area contributed by atoms with Gasteiger partial charge in [-0.3, -0.25) is 10.1 Å². The molecular weight excluding hydrogens is 186 g/mol. The molecule has 5 heteroatoms. The summed E-state index contributed by atoms with van der Waals surface area (Å²) in [6.07, 6.45) is 0. The Morgan fingerprint density at radius 1 is 1.85 bits per heavy atom. The molecule has 0 bridgehead atoms. The molecule has 0 aliphatic rings. The Balaban J connectivity index is 2.39. The van der Waals surface area contributed by atoms with E-state index >= 15 is 0 Å². The lowest BCUT2D eigenvalue weighted by Crippen LogP contribution is -2.38. The van der Waals surface area contributed by atoms with E-state index in [0.29, 0.717) is 6.54 Å². The lowest BCUT2D eigenvalue weighted by atomic mass is 10.3. The van der Waals surface area contributed by atoms with Crippen LogP contribution >= 0.6 is 11.3 Å². The summed E-state index contributed by atoms with van der Waals surface area (Å²) in [5.41, 5.74) is 6.09. The quantitative estimate of drug-likeness (QED) is 0.738. The Hall–Kier alpha value is -0.940. The number of hydrogen-bond acceptors (Lipinski definition) is 4. The van der Waals surface area contributed by atoms with Crippen LogP contribution in [0.2, 0.25) is 0 Å². The van der Waals surface area contributed by atoms with E-state index in [0.717, 1.165) is 10.7 Å². The summed E-state index contributed by atoms with van der Waals surface area (Å²) >= 11 is 1.58. The van der Waals surface area contributed by atoms with Crippen LogP contribution in [0.1, 0.15) is 17.6 Å². The summed E-state index contributed by atoms with van der Waals surface area (Å²) in [6.45, 7) is 4.28. The predicted molar refractivity (Wildman–Crippen MR) is 52.3 cm³/mol. The molecule has 1 rings (SSSR count). The lowest BCUT2D eigenvalue weighted by molar-refractivity contribution is -0.119. The van der Waals surface area contributed by atoms with Gasteiger partial charge in [-0.25, -0.2) is 4.98 Å². The number of amides is 1. The second-order valence-electron chi connectivity index (χ2n) is 2.89. The van der Waals surface area contributed by atoms with Crippen LogP contribution in [0.25, 0.3) is 0 Å². The Morgan fingerprint density at radius 2 is 2.54 bits per heavy atom. The van der Waals surface area contributed by atoms with Crippen LogP contribution in [0.3, 0.4) is 0 Å². The van der Waals surface area contributed by atoms with Gasteiger partial charge < -0.3 is 5.73 Å². The van der Waals surface area contributed by atoms with Crippen molar-refractivity contribution in [3.8, 4) is 0 Å². The first kappa shape index (κ1) is 10.1. The molecule has 72 valence electrons. The van der Waals surface area contributed by atoms with E-state index in [1.807, 2.05) is 12.3 Å². The zero-order chi connectivity index (χ0) is 9.84. The highest BCUT2D eigenvalue weighted by Gasteiger charge is 2.07. The Bertz CT molecular complexity index is 297. The summed E-state index contributed by atoms with van der Waals surface area (Å²) in [6, 6.07) is -0.302. The largest absolute Gasteiger partial charge is 0.368 e. The Labute approximate surface area is 81.2 Å². The van der Waals surface area contributed by atoms with Gasteiger partial charge >= 0.3 is 0 Å². The number of carbonyl (C=O) groups is 1. The van der Waals surface area contributed by atoms with Gasteiger partial charge in [-0.15, -0.1) is 11.3 Å². The van der Waals surface area contributed by atoms with Crippen molar-refractivity contribution >= 4 is 17.2 Å². The summed E-state index contributed by atoms with van der Waals surface area (Å²) in [7, 11) is 0. The Morgan fingerprint density at radius 3 is 3.00 bits per heavy atom. The van der Waals surface area contributed by atoms with E-state index in [2.05, 4.69) is 10.3 Å².